The molecule has 0 saturated heterocycles. The molecule has 0 unspecified atom stereocenters. The van der Waals surface area contributed by atoms with Crippen molar-refractivity contribution in [1.29, 1.82) is 0 Å². The molecule has 1 atom stereocenters. The molecule has 1 aromatic carbocycles. The topological polar surface area (TPSA) is 26.3 Å². The van der Waals surface area contributed by atoms with E-state index in [2.05, 4.69) is 19.1 Å². The minimum atomic E-state index is 0.140. The smallest absolute Gasteiger partial charge is 0.143 e. The number of hydrogen-bond acceptors (Lipinski definition) is 2. The number of hydrogen-bond donors (Lipinski definition) is 0. The fraction of sp³-hybridized carbons (Fsp3) is 0.400. The fourth-order valence-electron chi connectivity index (χ4n) is 2.33. The molecule has 0 spiro atoms. The van der Waals surface area contributed by atoms with Crippen molar-refractivity contribution < 1.29 is 9.53 Å². The second-order valence-corrected chi connectivity index (χ2v) is 4.56. The Morgan fingerprint density at radius 2 is 2.24 bits per heavy atom. The van der Waals surface area contributed by atoms with Gasteiger partial charge in [-0.3, -0.25) is 4.79 Å². The Morgan fingerprint density at radius 3 is 2.88 bits per heavy atom. The lowest BCUT2D eigenvalue weighted by atomic mass is 9.93. The minimum Gasteiger partial charge on any atom is -0.497 e. The van der Waals surface area contributed by atoms with Crippen molar-refractivity contribution in [2.45, 2.75) is 26.2 Å². The van der Waals surface area contributed by atoms with Crippen LogP contribution in [0, 0.1) is 5.92 Å². The third kappa shape index (κ3) is 2.76. The van der Waals surface area contributed by atoms with E-state index in [9.17, 15) is 4.79 Å². The number of ether oxygens (including phenoxy) is 1. The normalized spacial score (nSPS) is 19.3. The van der Waals surface area contributed by atoms with Gasteiger partial charge in [-0.25, -0.2) is 0 Å². The molecule has 90 valence electrons. The zero-order valence-electron chi connectivity index (χ0n) is 10.4. The van der Waals surface area contributed by atoms with Gasteiger partial charge in [-0.1, -0.05) is 23.8 Å². The lowest BCUT2D eigenvalue weighted by Gasteiger charge is -2.11. The minimum absolute atomic E-state index is 0.140. The first-order valence-electron chi connectivity index (χ1n) is 6.03. The fourth-order valence-corrected chi connectivity index (χ4v) is 2.33. The van der Waals surface area contributed by atoms with E-state index in [1.165, 1.54) is 11.1 Å². The van der Waals surface area contributed by atoms with Crippen molar-refractivity contribution in [3.63, 3.8) is 0 Å². The number of allylic oxidation sites excluding steroid dienone is 2. The highest BCUT2D eigenvalue weighted by Gasteiger charge is 2.23. The maximum Gasteiger partial charge on any atom is 0.143 e. The first kappa shape index (κ1) is 11.9. The van der Waals surface area contributed by atoms with Crippen molar-refractivity contribution in [2.75, 3.05) is 7.11 Å². The number of methoxy groups -OCH3 is 1. The van der Waals surface area contributed by atoms with E-state index in [0.29, 0.717) is 12.2 Å². The van der Waals surface area contributed by atoms with Crippen LogP contribution in [-0.4, -0.2) is 12.9 Å². The largest absolute Gasteiger partial charge is 0.497 e. The lowest BCUT2D eigenvalue weighted by Crippen LogP contribution is -2.10. The summed E-state index contributed by atoms with van der Waals surface area (Å²) < 4.78 is 5.19. The van der Waals surface area contributed by atoms with Gasteiger partial charge in [0.25, 0.3) is 0 Å². The molecule has 1 aliphatic rings. The lowest BCUT2D eigenvalue weighted by molar-refractivity contribution is -0.120. The molecular weight excluding hydrogens is 212 g/mol. The molecule has 0 radical (unpaired) electrons. The zero-order valence-corrected chi connectivity index (χ0v) is 10.4. The predicted octanol–water partition coefficient (Wildman–Crippen LogP) is 3.16. The van der Waals surface area contributed by atoms with Crippen molar-refractivity contribution in [3.05, 3.63) is 41.5 Å². The van der Waals surface area contributed by atoms with Gasteiger partial charge in [0.05, 0.1) is 7.11 Å². The van der Waals surface area contributed by atoms with Gasteiger partial charge in [-0.15, -0.1) is 0 Å². The molecule has 0 aliphatic heterocycles. The highest BCUT2D eigenvalue weighted by molar-refractivity contribution is 5.88. The number of Topliss-reactive ketones (excluding diaryl/α,β-unsaturated/α-hetero) is 1. The Hall–Kier alpha value is -1.57. The Labute approximate surface area is 102 Å². The van der Waals surface area contributed by atoms with E-state index in [0.717, 1.165) is 18.6 Å². The Balaban J connectivity index is 1.97. The molecule has 0 N–H and O–H groups in total. The molecule has 2 rings (SSSR count). The van der Waals surface area contributed by atoms with Gasteiger partial charge in [-0.2, -0.15) is 0 Å². The summed E-state index contributed by atoms with van der Waals surface area (Å²) in [6.07, 6.45) is 4.51. The van der Waals surface area contributed by atoms with Crippen LogP contribution in [0.5, 0.6) is 5.75 Å². The Morgan fingerprint density at radius 1 is 1.41 bits per heavy atom. The van der Waals surface area contributed by atoms with E-state index in [4.69, 9.17) is 4.74 Å². The van der Waals surface area contributed by atoms with Crippen LogP contribution in [0.2, 0.25) is 0 Å². The van der Waals surface area contributed by atoms with E-state index in [-0.39, 0.29) is 5.92 Å². The zero-order chi connectivity index (χ0) is 12.3. The summed E-state index contributed by atoms with van der Waals surface area (Å²) in [6, 6.07) is 8.06. The first-order valence-corrected chi connectivity index (χ1v) is 6.03. The van der Waals surface area contributed by atoms with Crippen molar-refractivity contribution in [1.82, 2.24) is 0 Å². The highest BCUT2D eigenvalue weighted by atomic mass is 16.5. The van der Waals surface area contributed by atoms with Gasteiger partial charge in [0.2, 0.25) is 0 Å². The summed E-state index contributed by atoms with van der Waals surface area (Å²) in [7, 11) is 1.67. The van der Waals surface area contributed by atoms with Crippen LogP contribution in [-0.2, 0) is 11.2 Å². The van der Waals surface area contributed by atoms with Crippen LogP contribution in [0.3, 0.4) is 0 Å². The number of carbonyl (C=O) groups is 1. The average Bonchev–Trinajstić information content (AvgIpc) is 2.67. The summed E-state index contributed by atoms with van der Waals surface area (Å²) in [4.78, 5) is 11.7. The van der Waals surface area contributed by atoms with Crippen LogP contribution in [0.15, 0.2) is 35.9 Å². The monoisotopic (exact) mass is 230 g/mol. The molecular formula is C15H18O2. The summed E-state index contributed by atoms with van der Waals surface area (Å²) in [6.45, 7) is 2.06. The van der Waals surface area contributed by atoms with Crippen molar-refractivity contribution in [2.24, 2.45) is 5.92 Å². The summed E-state index contributed by atoms with van der Waals surface area (Å²) in [5.41, 5.74) is 2.47. The average molecular weight is 230 g/mol. The molecule has 2 heteroatoms. The summed E-state index contributed by atoms with van der Waals surface area (Å²) in [5, 5.41) is 0. The SMILES string of the molecule is COc1cccc(CC[C@@H]2C(=O)CC=C2C)c1. The molecule has 0 heterocycles. The predicted molar refractivity (Wildman–Crippen MR) is 68.2 cm³/mol. The first-order chi connectivity index (χ1) is 8.20. The molecule has 0 amide bonds. The van der Waals surface area contributed by atoms with Crippen LogP contribution in [0.25, 0.3) is 0 Å². The molecule has 17 heavy (non-hydrogen) atoms. The number of benzene rings is 1. The van der Waals surface area contributed by atoms with Gasteiger partial charge in [0.1, 0.15) is 11.5 Å². The van der Waals surface area contributed by atoms with E-state index in [1.54, 1.807) is 7.11 Å². The molecule has 2 nitrogen and oxygen atoms in total. The summed E-state index contributed by atoms with van der Waals surface area (Å²) in [5.74, 6) is 1.39. The molecule has 0 fully saturated rings. The van der Waals surface area contributed by atoms with E-state index >= 15 is 0 Å². The third-order valence-electron chi connectivity index (χ3n) is 3.42. The number of carbonyl (C=O) groups excluding carboxylic acids is 1. The van der Waals surface area contributed by atoms with Gasteiger partial charge >= 0.3 is 0 Å². The van der Waals surface area contributed by atoms with Crippen LogP contribution >= 0.6 is 0 Å². The maximum absolute atomic E-state index is 11.7. The number of aryl methyl sites for hydroxylation is 1. The van der Waals surface area contributed by atoms with Crippen LogP contribution in [0.1, 0.15) is 25.3 Å². The van der Waals surface area contributed by atoms with Gasteiger partial charge in [0, 0.05) is 12.3 Å². The Kier molecular flexibility index (Phi) is 3.62. The maximum atomic E-state index is 11.7. The van der Waals surface area contributed by atoms with Crippen LogP contribution in [0.4, 0.5) is 0 Å². The molecule has 1 aliphatic carbocycles. The number of ketones is 1. The standard InChI is InChI=1S/C15H18O2/c1-11-6-9-15(16)14(11)8-7-12-4-3-5-13(10-12)17-2/h3-6,10,14H,7-9H2,1-2H3/t14-/m0/s1. The van der Waals surface area contributed by atoms with E-state index in [1.807, 2.05) is 18.2 Å². The molecule has 1 aromatic rings. The molecule has 0 aromatic heterocycles. The second-order valence-electron chi connectivity index (χ2n) is 4.56. The van der Waals surface area contributed by atoms with Crippen LogP contribution < -0.4 is 4.74 Å². The molecule has 0 saturated carbocycles. The van der Waals surface area contributed by atoms with Gasteiger partial charge in [-0.05, 0) is 37.5 Å². The van der Waals surface area contributed by atoms with Gasteiger partial charge < -0.3 is 4.74 Å². The number of rotatable bonds is 4. The van der Waals surface area contributed by atoms with E-state index < -0.39 is 0 Å². The Bertz CT molecular complexity index is 446. The summed E-state index contributed by atoms with van der Waals surface area (Å²) >= 11 is 0. The van der Waals surface area contributed by atoms with Crippen molar-refractivity contribution in [3.8, 4) is 5.75 Å². The molecule has 0 bridgehead atoms. The third-order valence-corrected chi connectivity index (χ3v) is 3.42. The quantitative estimate of drug-likeness (QED) is 0.743. The highest BCUT2D eigenvalue weighted by Crippen LogP contribution is 2.27. The van der Waals surface area contributed by atoms with Crippen molar-refractivity contribution >= 4 is 5.78 Å². The van der Waals surface area contributed by atoms with Gasteiger partial charge in [0.15, 0.2) is 0 Å². The second kappa shape index (κ2) is 5.17.